The molecular weight excluding hydrogens is 1630 g/mol. The van der Waals surface area contributed by atoms with Crippen LogP contribution in [0.2, 0.25) is 0 Å². The third kappa shape index (κ3) is 26.5. The number of nitrogens with one attached hydrogen (secondary N) is 8. The number of hydrazone groups is 2. The van der Waals surface area contributed by atoms with Crippen molar-refractivity contribution in [3.63, 3.8) is 0 Å². The molecule has 0 radical (unpaired) electrons. The standard InChI is InChI=1S/C82H110N12O30/c1-38-27-46-68(53(97)31-49(71(46)105)88-77(110)39(2)15-12-18-55(118-10)76(124-81(84)114)41(4)29-40(3)69(103)56(28-38)119-11)85-22-24-121-62(102)20-19-42(5)91-93-59(98)33-51(87-44(7)96)79(112)90-52(34-61(100)101)80(113)89-50(78(111)86-21-14-23-120-26-25-116-8)32-60(99)94-92-58(37-95)82(115)35-47-65(57(36-82)123-63-30-48(83)70(104)43(6)122-63)75(109)67-66(73(47)107)72(106)45-16-13-17-54(117-9)64(45)74(67)108/h12-13,15-18,29,31,38,40,43,48,50-52,55-57,63,69-70,76,85,95,103-104,107,109,115H,14,19-28,30,32-37,83H2,1-11H3,(H2,84,114)(H,86,111)(H,87,96)(H,88,110)(H,89,113)(H,90,112)(H,93,98)(H,94,99)(H,100,101)/b18-12-,39-15+,41-29+,91-42+,92-58+/t38?,40?,43?,48-,50?,51?,52?,55?,56?,57-,63-,69?,70-,76?,82-/m0/s1. The lowest BCUT2D eigenvalue weighted by Crippen LogP contribution is -2.58. The van der Waals surface area contributed by atoms with Crippen molar-refractivity contribution in [2.45, 2.75) is 198 Å². The van der Waals surface area contributed by atoms with Crippen LogP contribution in [-0.2, 0) is 97.1 Å². The van der Waals surface area contributed by atoms with Crippen LogP contribution in [0.25, 0.3) is 0 Å². The Balaban J connectivity index is 1.01. The number of phenols is 2. The van der Waals surface area contributed by atoms with Gasteiger partial charge in [0.2, 0.25) is 52.8 Å². The predicted octanol–water partition coefficient (Wildman–Crippen LogP) is -1.02. The van der Waals surface area contributed by atoms with Crippen LogP contribution in [0.4, 0.5) is 4.79 Å². The lowest BCUT2D eigenvalue weighted by atomic mass is 9.71. The van der Waals surface area contributed by atoms with E-state index in [1.807, 2.05) is 0 Å². The third-order valence-corrected chi connectivity index (χ3v) is 21.0. The van der Waals surface area contributed by atoms with Crippen LogP contribution in [-0.4, -0.2) is 277 Å². The van der Waals surface area contributed by atoms with E-state index in [0.717, 1.165) is 13.0 Å². The number of fused-ring (bicyclic) bond motifs is 5. The molecule has 15 atom stereocenters. The number of ether oxygens (including phenoxy) is 9. The summed E-state index contributed by atoms with van der Waals surface area (Å²) in [4.78, 5) is 190. The van der Waals surface area contributed by atoms with Gasteiger partial charge in [-0.2, -0.15) is 10.2 Å². The molecule has 0 aromatic heterocycles. The number of Topliss-reactive ketones (excluding diaryl/α,β-unsaturated/α-hetero) is 1. The number of aliphatic hydroxyl groups excluding tert-OH is 3. The smallest absolute Gasteiger partial charge is 0.405 e. The van der Waals surface area contributed by atoms with Crippen molar-refractivity contribution in [1.29, 1.82) is 0 Å². The molecule has 19 N–H and O–H groups in total. The highest BCUT2D eigenvalue weighted by molar-refractivity contribution is 6.31. The average molecular weight is 1740 g/mol. The van der Waals surface area contributed by atoms with Crippen molar-refractivity contribution < 1.29 is 146 Å². The molecule has 8 amide bonds. The number of aliphatic hydroxyl groups is 4. The topological polar surface area (TPSA) is 637 Å². The van der Waals surface area contributed by atoms with E-state index in [1.165, 1.54) is 85.6 Å². The number of aliphatic carboxylic acids is 1. The minimum absolute atomic E-state index is 0.0298. The quantitative estimate of drug-likeness (QED) is 0.00630. The van der Waals surface area contributed by atoms with Gasteiger partial charge in [-0.15, -0.1) is 0 Å². The largest absolute Gasteiger partial charge is 0.507 e. The first kappa shape index (κ1) is 99.5. The maximum atomic E-state index is 14.3. The van der Waals surface area contributed by atoms with Gasteiger partial charge in [0.1, 0.15) is 53.7 Å². The first-order chi connectivity index (χ1) is 58.7. The number of benzene rings is 2. The van der Waals surface area contributed by atoms with Gasteiger partial charge in [0.15, 0.2) is 18.2 Å². The minimum atomic E-state index is -2.53. The molecule has 1 fully saturated rings. The molecule has 0 saturated carbocycles. The molecule has 10 unspecified atom stereocenters. The van der Waals surface area contributed by atoms with Crippen molar-refractivity contribution >= 4 is 93.9 Å². The summed E-state index contributed by atoms with van der Waals surface area (Å²) in [7, 11) is 5.45. The number of nitrogens with zero attached hydrogens (tertiary/aromatic N) is 2. The Bertz CT molecular complexity index is 4580. The highest BCUT2D eigenvalue weighted by Gasteiger charge is 2.50. The number of carbonyl (C=O) groups excluding carboxylic acids is 13. The number of methoxy groups -OCH3 is 4. The Morgan fingerprint density at radius 3 is 2.05 bits per heavy atom. The first-order valence-corrected chi connectivity index (χ1v) is 39.8. The second kappa shape index (κ2) is 46.2. The Morgan fingerprint density at radius 1 is 0.766 bits per heavy atom. The first-order valence-electron chi connectivity index (χ1n) is 39.8. The lowest BCUT2D eigenvalue weighted by Gasteiger charge is -2.43. The third-order valence-electron chi connectivity index (χ3n) is 21.0. The molecule has 2 heterocycles. The van der Waals surface area contributed by atoms with Gasteiger partial charge in [-0.05, 0) is 70.9 Å². The van der Waals surface area contributed by atoms with E-state index >= 15 is 0 Å². The summed E-state index contributed by atoms with van der Waals surface area (Å²) in [5.41, 5.74) is 10.5. The van der Waals surface area contributed by atoms with E-state index < -0.39 is 240 Å². The number of hydrogen-bond acceptors (Lipinski definition) is 33. The molecule has 42 nitrogen and oxygen atoms in total. The van der Waals surface area contributed by atoms with Crippen LogP contribution >= 0.6 is 0 Å². The number of carboxylic acids is 1. The molecule has 678 valence electrons. The molecule has 42 heteroatoms. The van der Waals surface area contributed by atoms with Crippen LogP contribution in [0.1, 0.15) is 162 Å². The number of rotatable bonds is 36. The number of nitrogens with two attached hydrogens (primary N) is 2. The van der Waals surface area contributed by atoms with Crippen LogP contribution in [0, 0.1) is 11.8 Å². The SMILES string of the molecule is COCCOCCCNC(=O)C(CC(=O)N/N=C(\CO)[C@]1(O)Cc2c(O)c3c(c(O)c2[C@@H](O[C@H]2C[C@H](N)[C@@H](O)C(C)O2)C1)C(=O)c1c(OC)cccc1C3=O)NC(=O)C(CC(=O)O)NC(=O)C(CC(=O)N/N=C(\C)CCC(=O)OCCNC1=C2CC(C)CC(OC)C(O)C(C)/C=C(\C)C(OC(N)=O)C(OC)/C=C\C=C(/C)C(=O)NC(=CC1=O)C2=O)NC(C)=O. The highest BCUT2D eigenvalue weighted by atomic mass is 16.7. The Morgan fingerprint density at radius 2 is 1.43 bits per heavy atom. The highest BCUT2D eigenvalue weighted by Crippen LogP contribution is 2.53. The fourth-order valence-electron chi connectivity index (χ4n) is 14.5. The minimum Gasteiger partial charge on any atom is -0.507 e. The Kier molecular flexibility index (Phi) is 37.1. The molecule has 2 aromatic rings. The van der Waals surface area contributed by atoms with Crippen LogP contribution in [0.3, 0.4) is 0 Å². The fraction of sp³-hybridized carbons (Fsp3) is 0.537. The number of amides is 8. The molecule has 5 aliphatic rings. The van der Waals surface area contributed by atoms with Crippen LogP contribution in [0.5, 0.6) is 17.2 Å². The van der Waals surface area contributed by atoms with Gasteiger partial charge in [-0.3, -0.25) is 62.3 Å². The van der Waals surface area contributed by atoms with Gasteiger partial charge in [0.05, 0.1) is 117 Å². The molecule has 3 aliphatic carbocycles. The van der Waals surface area contributed by atoms with E-state index in [2.05, 4.69) is 53.0 Å². The molecule has 1 saturated heterocycles. The fourth-order valence-corrected chi connectivity index (χ4v) is 14.5. The van der Waals surface area contributed by atoms with Gasteiger partial charge in [0.25, 0.3) is 5.91 Å². The zero-order chi connectivity index (χ0) is 91.7. The number of carboxylic acid groups (broad SMARTS) is 1. The number of aromatic hydroxyl groups is 2. The molecule has 7 rings (SSSR count). The second-order valence-electron chi connectivity index (χ2n) is 30.4. The van der Waals surface area contributed by atoms with E-state index in [0.29, 0.717) is 5.57 Å². The molecule has 0 spiro atoms. The van der Waals surface area contributed by atoms with Crippen molar-refractivity contribution in [1.82, 2.24) is 42.8 Å². The Labute approximate surface area is 712 Å². The van der Waals surface area contributed by atoms with Gasteiger partial charge in [-0.25, -0.2) is 15.6 Å². The molecular formula is C82H110N12O30. The van der Waals surface area contributed by atoms with Gasteiger partial charge in [0, 0.05) is 119 Å². The van der Waals surface area contributed by atoms with Gasteiger partial charge < -0.3 is 122 Å². The maximum absolute atomic E-state index is 14.3. The summed E-state index contributed by atoms with van der Waals surface area (Å²) >= 11 is 0. The second-order valence-corrected chi connectivity index (χ2v) is 30.4. The van der Waals surface area contributed by atoms with Crippen LogP contribution in [0.15, 0.2) is 86.9 Å². The van der Waals surface area contributed by atoms with Crippen LogP contribution < -0.4 is 59.0 Å². The molecule has 124 heavy (non-hydrogen) atoms. The van der Waals surface area contributed by atoms with Crippen molar-refractivity contribution in [2.24, 2.45) is 33.5 Å². The summed E-state index contributed by atoms with van der Waals surface area (Å²) in [6.07, 6.45) is -8.26. The van der Waals surface area contributed by atoms with E-state index in [9.17, 15) is 103 Å². The van der Waals surface area contributed by atoms with E-state index in [1.54, 1.807) is 26.8 Å². The number of carbonyl (C=O) groups is 14. The van der Waals surface area contributed by atoms with Crippen molar-refractivity contribution in [3.8, 4) is 17.2 Å². The summed E-state index contributed by atoms with van der Waals surface area (Å²) in [5, 5.41) is 103. The number of ketones is 4. The Hall–Kier alpha value is -11.6. The number of primary amides is 1. The number of phenolic OH excluding ortho intramolecular Hbond substituents is 2. The predicted molar refractivity (Wildman–Crippen MR) is 435 cm³/mol. The van der Waals surface area contributed by atoms with Crippen molar-refractivity contribution in [3.05, 3.63) is 110 Å². The molecule has 2 bridgehead atoms. The maximum Gasteiger partial charge on any atom is 0.405 e. The summed E-state index contributed by atoms with van der Waals surface area (Å²) in [6.45, 7) is 9.05. The summed E-state index contributed by atoms with van der Waals surface area (Å²) in [6, 6.07) is -2.79. The zero-order valence-corrected chi connectivity index (χ0v) is 70.5. The lowest BCUT2D eigenvalue weighted by molar-refractivity contribution is -0.245. The van der Waals surface area contributed by atoms with E-state index in [-0.39, 0.29) is 134 Å². The number of allylic oxidation sites excluding steroid dienone is 4. The summed E-state index contributed by atoms with van der Waals surface area (Å²) < 4.78 is 50.1. The normalized spacial score (nSPS) is 25.1. The monoisotopic (exact) mass is 1740 g/mol. The molecule has 2 aliphatic heterocycles. The average Bonchev–Trinajstić information content (AvgIpc) is 0.708. The van der Waals surface area contributed by atoms with Crippen molar-refractivity contribution in [2.75, 3.05) is 74.6 Å². The molecule has 2 aromatic carbocycles. The van der Waals surface area contributed by atoms with E-state index in [4.69, 9.17) is 54.1 Å². The number of hydrogen-bond donors (Lipinski definition) is 17. The zero-order valence-electron chi connectivity index (χ0n) is 70.5. The van der Waals surface area contributed by atoms with Gasteiger partial charge in [-0.1, -0.05) is 50.3 Å². The number of esters is 1. The summed E-state index contributed by atoms with van der Waals surface area (Å²) in [5.74, 6) is -16.3. The van der Waals surface area contributed by atoms with Gasteiger partial charge >= 0.3 is 18.0 Å².